The summed E-state index contributed by atoms with van der Waals surface area (Å²) >= 11 is 0. The van der Waals surface area contributed by atoms with Crippen molar-refractivity contribution in [3.8, 4) is 0 Å². The first-order valence-corrected chi connectivity index (χ1v) is 7.43. The first-order chi connectivity index (χ1) is 11.0. The van der Waals surface area contributed by atoms with E-state index in [1.165, 1.54) is 30.3 Å². The number of carbonyl (C=O) groups is 1. The minimum atomic E-state index is -0.937. The molecule has 3 nitrogen and oxygen atoms in total. The van der Waals surface area contributed by atoms with E-state index in [4.69, 9.17) is 0 Å². The van der Waals surface area contributed by atoms with E-state index in [-0.39, 0.29) is 30.4 Å². The third kappa shape index (κ3) is 4.86. The van der Waals surface area contributed by atoms with Crippen LogP contribution in [-0.2, 0) is 11.2 Å². The number of carbonyl (C=O) groups excluding carboxylic acids is 1. The van der Waals surface area contributed by atoms with Crippen LogP contribution in [0.15, 0.2) is 48.5 Å². The molecule has 1 amide bonds. The number of amides is 1. The molecule has 0 saturated heterocycles. The maximum Gasteiger partial charge on any atom is 0.220 e. The van der Waals surface area contributed by atoms with Crippen LogP contribution in [0.4, 0.5) is 8.78 Å². The van der Waals surface area contributed by atoms with Gasteiger partial charge in [0.05, 0.1) is 12.1 Å². The van der Waals surface area contributed by atoms with Gasteiger partial charge in [-0.3, -0.25) is 4.79 Å². The minimum Gasteiger partial charge on any atom is -0.386 e. The van der Waals surface area contributed by atoms with Gasteiger partial charge in [-0.1, -0.05) is 30.3 Å². The van der Waals surface area contributed by atoms with Crippen molar-refractivity contribution in [3.05, 3.63) is 71.3 Å². The lowest BCUT2D eigenvalue weighted by molar-refractivity contribution is -0.122. The average molecular weight is 319 g/mol. The average Bonchev–Trinajstić information content (AvgIpc) is 2.54. The van der Waals surface area contributed by atoms with Gasteiger partial charge in [-0.2, -0.15) is 0 Å². The van der Waals surface area contributed by atoms with E-state index in [9.17, 15) is 18.7 Å². The van der Waals surface area contributed by atoms with E-state index < -0.39 is 12.1 Å². The summed E-state index contributed by atoms with van der Waals surface area (Å²) in [5.41, 5.74) is 1.00. The number of aryl methyl sites for hydroxylation is 1. The summed E-state index contributed by atoms with van der Waals surface area (Å²) in [6.45, 7) is 1.66. The van der Waals surface area contributed by atoms with Crippen LogP contribution >= 0.6 is 0 Å². The molecule has 5 heteroatoms. The van der Waals surface area contributed by atoms with Gasteiger partial charge < -0.3 is 10.4 Å². The Balaban J connectivity index is 1.87. The highest BCUT2D eigenvalue weighted by molar-refractivity contribution is 5.76. The normalized spacial score (nSPS) is 13.4. The van der Waals surface area contributed by atoms with E-state index in [0.29, 0.717) is 11.1 Å². The predicted octanol–water partition coefficient (Wildman–Crippen LogP) is 3.14. The van der Waals surface area contributed by atoms with E-state index in [1.54, 1.807) is 25.1 Å². The molecular formula is C18H19F2NO2. The number of aliphatic hydroxyl groups excluding tert-OH is 1. The number of aliphatic hydroxyl groups is 1. The molecule has 0 fully saturated rings. The van der Waals surface area contributed by atoms with Crippen LogP contribution in [0.3, 0.4) is 0 Å². The van der Waals surface area contributed by atoms with Gasteiger partial charge in [0, 0.05) is 6.42 Å². The molecule has 0 spiro atoms. The van der Waals surface area contributed by atoms with Crippen molar-refractivity contribution in [1.29, 1.82) is 0 Å². The topological polar surface area (TPSA) is 49.3 Å². The first kappa shape index (κ1) is 17.1. The molecule has 2 atom stereocenters. The first-order valence-electron chi connectivity index (χ1n) is 7.43. The SMILES string of the molecule is CC(NC(=O)CCc1ccccc1F)C(O)c1ccc(F)cc1. The quantitative estimate of drug-likeness (QED) is 0.859. The number of benzene rings is 2. The monoisotopic (exact) mass is 319 g/mol. The molecule has 122 valence electrons. The fraction of sp³-hybridized carbons (Fsp3) is 0.278. The Morgan fingerprint density at radius 2 is 1.78 bits per heavy atom. The van der Waals surface area contributed by atoms with Crippen molar-refractivity contribution in [2.24, 2.45) is 0 Å². The van der Waals surface area contributed by atoms with Crippen molar-refractivity contribution in [2.45, 2.75) is 31.9 Å². The molecule has 0 aliphatic rings. The molecule has 2 N–H and O–H groups in total. The molecule has 2 aromatic rings. The number of nitrogens with one attached hydrogen (secondary N) is 1. The zero-order valence-electron chi connectivity index (χ0n) is 12.8. The molecule has 2 rings (SSSR count). The number of hydrogen-bond acceptors (Lipinski definition) is 2. The van der Waals surface area contributed by atoms with Crippen LogP contribution in [0, 0.1) is 11.6 Å². The summed E-state index contributed by atoms with van der Waals surface area (Å²) in [7, 11) is 0. The summed E-state index contributed by atoms with van der Waals surface area (Å²) in [4.78, 5) is 11.9. The lowest BCUT2D eigenvalue weighted by atomic mass is 10.0. The highest BCUT2D eigenvalue weighted by atomic mass is 19.1. The second-order valence-corrected chi connectivity index (χ2v) is 5.44. The maximum atomic E-state index is 13.5. The predicted molar refractivity (Wildman–Crippen MR) is 83.7 cm³/mol. The molecule has 0 saturated carbocycles. The molecule has 0 aliphatic heterocycles. The second-order valence-electron chi connectivity index (χ2n) is 5.44. The van der Waals surface area contributed by atoms with Crippen molar-refractivity contribution >= 4 is 5.91 Å². The van der Waals surface area contributed by atoms with Crippen LogP contribution in [-0.4, -0.2) is 17.1 Å². The number of halogens is 2. The molecule has 0 radical (unpaired) electrons. The largest absolute Gasteiger partial charge is 0.386 e. The molecule has 2 unspecified atom stereocenters. The third-order valence-electron chi connectivity index (χ3n) is 3.65. The van der Waals surface area contributed by atoms with E-state index in [0.717, 1.165) is 0 Å². The van der Waals surface area contributed by atoms with E-state index >= 15 is 0 Å². The zero-order chi connectivity index (χ0) is 16.8. The standard InChI is InChI=1S/C18H19F2NO2/c1-12(18(23)14-6-9-15(19)10-7-14)21-17(22)11-8-13-4-2-3-5-16(13)20/h2-7,9-10,12,18,23H,8,11H2,1H3,(H,21,22). The summed E-state index contributed by atoms with van der Waals surface area (Å²) < 4.78 is 26.4. The Morgan fingerprint density at radius 1 is 1.13 bits per heavy atom. The van der Waals surface area contributed by atoms with Gasteiger partial charge in [-0.05, 0) is 42.7 Å². The maximum absolute atomic E-state index is 13.5. The Morgan fingerprint density at radius 3 is 2.43 bits per heavy atom. The van der Waals surface area contributed by atoms with E-state index in [1.807, 2.05) is 0 Å². The molecule has 0 aliphatic carbocycles. The van der Waals surface area contributed by atoms with Gasteiger partial charge in [0.25, 0.3) is 0 Å². The molecule has 23 heavy (non-hydrogen) atoms. The van der Waals surface area contributed by atoms with E-state index in [2.05, 4.69) is 5.32 Å². The zero-order valence-corrected chi connectivity index (χ0v) is 12.8. The fourth-order valence-corrected chi connectivity index (χ4v) is 2.30. The molecule has 0 aromatic heterocycles. The van der Waals surface area contributed by atoms with Crippen LogP contribution in [0.1, 0.15) is 30.6 Å². The molecule has 0 heterocycles. The lowest BCUT2D eigenvalue weighted by Gasteiger charge is -2.20. The van der Waals surface area contributed by atoms with Gasteiger partial charge in [0.2, 0.25) is 5.91 Å². The Bertz CT molecular complexity index is 658. The smallest absolute Gasteiger partial charge is 0.220 e. The van der Waals surface area contributed by atoms with Crippen LogP contribution in [0.2, 0.25) is 0 Å². The summed E-state index contributed by atoms with van der Waals surface area (Å²) in [6.07, 6.45) is -0.521. The minimum absolute atomic E-state index is 0.126. The highest BCUT2D eigenvalue weighted by Crippen LogP contribution is 2.17. The van der Waals surface area contributed by atoms with Crippen molar-refractivity contribution in [3.63, 3.8) is 0 Å². The number of hydrogen-bond donors (Lipinski definition) is 2. The summed E-state index contributed by atoms with van der Waals surface area (Å²) in [5.74, 6) is -0.996. The molecular weight excluding hydrogens is 300 g/mol. The van der Waals surface area contributed by atoms with Gasteiger partial charge in [-0.25, -0.2) is 8.78 Å². The van der Waals surface area contributed by atoms with Gasteiger partial charge in [0.1, 0.15) is 11.6 Å². The molecule has 2 aromatic carbocycles. The Hall–Kier alpha value is -2.27. The third-order valence-corrected chi connectivity index (χ3v) is 3.65. The fourth-order valence-electron chi connectivity index (χ4n) is 2.30. The Kier molecular flexibility index (Phi) is 5.82. The summed E-state index contributed by atoms with van der Waals surface area (Å²) in [6, 6.07) is 11.2. The van der Waals surface area contributed by atoms with Crippen molar-refractivity contribution < 1.29 is 18.7 Å². The second kappa shape index (κ2) is 7.83. The van der Waals surface area contributed by atoms with Crippen LogP contribution in [0.5, 0.6) is 0 Å². The van der Waals surface area contributed by atoms with Gasteiger partial charge in [-0.15, -0.1) is 0 Å². The van der Waals surface area contributed by atoms with Crippen molar-refractivity contribution in [2.75, 3.05) is 0 Å². The van der Waals surface area contributed by atoms with Gasteiger partial charge in [0.15, 0.2) is 0 Å². The molecule has 0 bridgehead atoms. The van der Waals surface area contributed by atoms with Crippen LogP contribution < -0.4 is 5.32 Å². The van der Waals surface area contributed by atoms with Gasteiger partial charge >= 0.3 is 0 Å². The Labute approximate surface area is 134 Å². The van der Waals surface area contributed by atoms with Crippen molar-refractivity contribution in [1.82, 2.24) is 5.32 Å². The van der Waals surface area contributed by atoms with Crippen LogP contribution in [0.25, 0.3) is 0 Å². The number of rotatable bonds is 6. The lowest BCUT2D eigenvalue weighted by Crippen LogP contribution is -2.37. The highest BCUT2D eigenvalue weighted by Gasteiger charge is 2.18. The summed E-state index contributed by atoms with van der Waals surface area (Å²) in [5, 5.41) is 12.8.